The van der Waals surface area contributed by atoms with Crippen LogP contribution in [0.2, 0.25) is 0 Å². The number of ether oxygens (including phenoxy) is 1. The van der Waals surface area contributed by atoms with Gasteiger partial charge in [-0.1, -0.05) is 6.07 Å². The zero-order valence-corrected chi connectivity index (χ0v) is 18.9. The average molecular weight is 433 g/mol. The zero-order chi connectivity index (χ0) is 20.8. The van der Waals surface area contributed by atoms with Crippen LogP contribution < -0.4 is 15.5 Å². The number of thiocarbonyl (C=S) groups is 1. The Kier molecular flexibility index (Phi) is 7.76. The largest absolute Gasteiger partial charge is 0.383 e. The van der Waals surface area contributed by atoms with E-state index in [1.807, 2.05) is 12.3 Å². The van der Waals surface area contributed by atoms with Crippen molar-refractivity contribution in [2.24, 2.45) is 11.8 Å². The van der Waals surface area contributed by atoms with Gasteiger partial charge in [0.05, 0.1) is 6.61 Å². The number of rotatable bonds is 8. The molecule has 166 valence electrons. The van der Waals surface area contributed by atoms with Crippen molar-refractivity contribution >= 4 is 23.1 Å². The number of aromatic nitrogens is 1. The smallest absolute Gasteiger partial charge is 0.166 e. The van der Waals surface area contributed by atoms with Gasteiger partial charge in [-0.3, -0.25) is 9.80 Å². The Balaban J connectivity index is 1.19. The summed E-state index contributed by atoms with van der Waals surface area (Å²) in [6.45, 7) is 10.6. The summed E-state index contributed by atoms with van der Waals surface area (Å²) in [4.78, 5) is 12.3. The van der Waals surface area contributed by atoms with Crippen LogP contribution >= 0.6 is 12.2 Å². The molecular formula is C22H36N6OS. The summed E-state index contributed by atoms with van der Waals surface area (Å²) in [5.74, 6) is 2.78. The molecule has 2 N–H and O–H groups in total. The molecule has 0 radical (unpaired) electrons. The number of piperidine rings is 3. The van der Waals surface area contributed by atoms with Crippen LogP contribution in [0.1, 0.15) is 12.8 Å². The quantitative estimate of drug-likeness (QED) is 0.467. The maximum absolute atomic E-state index is 5.39. The maximum atomic E-state index is 5.39. The van der Waals surface area contributed by atoms with E-state index in [2.05, 4.69) is 42.5 Å². The third kappa shape index (κ3) is 5.60. The molecule has 4 aliphatic rings. The molecular weight excluding hydrogens is 396 g/mol. The Labute approximate surface area is 186 Å². The number of nitrogens with one attached hydrogen (secondary N) is 2. The van der Waals surface area contributed by atoms with Gasteiger partial charge in [-0.25, -0.2) is 4.98 Å². The van der Waals surface area contributed by atoms with Crippen molar-refractivity contribution < 1.29 is 4.74 Å². The van der Waals surface area contributed by atoms with E-state index < -0.39 is 0 Å². The first kappa shape index (κ1) is 21.7. The van der Waals surface area contributed by atoms with Crippen LogP contribution in [0.4, 0.5) is 5.82 Å². The number of nitrogens with zero attached hydrogens (tertiary/aromatic N) is 4. The molecule has 0 aliphatic carbocycles. The molecule has 2 bridgehead atoms. The van der Waals surface area contributed by atoms with Crippen LogP contribution in [0.5, 0.6) is 0 Å². The van der Waals surface area contributed by atoms with Gasteiger partial charge in [0.25, 0.3) is 0 Å². The number of piperazine rings is 1. The lowest BCUT2D eigenvalue weighted by molar-refractivity contribution is -0.0110. The highest BCUT2D eigenvalue weighted by molar-refractivity contribution is 7.80. The summed E-state index contributed by atoms with van der Waals surface area (Å²) in [6, 6.07) is 6.80. The van der Waals surface area contributed by atoms with E-state index in [0.29, 0.717) is 12.6 Å². The minimum atomic E-state index is 0.614. The predicted molar refractivity (Wildman–Crippen MR) is 125 cm³/mol. The first-order valence-corrected chi connectivity index (χ1v) is 11.8. The van der Waals surface area contributed by atoms with Crippen molar-refractivity contribution in [2.75, 3.05) is 77.5 Å². The van der Waals surface area contributed by atoms with E-state index in [-0.39, 0.29) is 0 Å². The minimum Gasteiger partial charge on any atom is -0.383 e. The highest BCUT2D eigenvalue weighted by atomic mass is 32.1. The molecule has 0 spiro atoms. The van der Waals surface area contributed by atoms with Crippen LogP contribution in [0.3, 0.4) is 0 Å². The number of hydrogen-bond acceptors (Lipinski definition) is 6. The van der Waals surface area contributed by atoms with Crippen molar-refractivity contribution in [1.82, 2.24) is 25.4 Å². The summed E-state index contributed by atoms with van der Waals surface area (Å²) in [5.41, 5.74) is 0. The molecule has 4 unspecified atom stereocenters. The molecule has 4 atom stereocenters. The highest BCUT2D eigenvalue weighted by Gasteiger charge is 2.40. The summed E-state index contributed by atoms with van der Waals surface area (Å²) < 4.78 is 5.06. The highest BCUT2D eigenvalue weighted by Crippen LogP contribution is 2.36. The molecule has 7 nitrogen and oxygen atoms in total. The Morgan fingerprint density at radius 1 is 1.20 bits per heavy atom. The number of pyridine rings is 1. The van der Waals surface area contributed by atoms with Crippen LogP contribution in [0.15, 0.2) is 24.4 Å². The van der Waals surface area contributed by atoms with Crippen LogP contribution in [-0.2, 0) is 4.74 Å². The van der Waals surface area contributed by atoms with Gasteiger partial charge in [0.2, 0.25) is 0 Å². The van der Waals surface area contributed by atoms with Gasteiger partial charge in [0.1, 0.15) is 5.82 Å². The molecule has 4 fully saturated rings. The van der Waals surface area contributed by atoms with E-state index in [4.69, 9.17) is 17.0 Å². The lowest BCUT2D eigenvalue weighted by Crippen LogP contribution is -2.59. The third-order valence-corrected chi connectivity index (χ3v) is 7.23. The summed E-state index contributed by atoms with van der Waals surface area (Å²) in [6.07, 6.45) is 4.54. The zero-order valence-electron chi connectivity index (χ0n) is 18.1. The predicted octanol–water partition coefficient (Wildman–Crippen LogP) is 1.02. The van der Waals surface area contributed by atoms with E-state index in [1.165, 1.54) is 32.5 Å². The van der Waals surface area contributed by atoms with E-state index >= 15 is 0 Å². The number of anilines is 1. The Morgan fingerprint density at radius 2 is 2.07 bits per heavy atom. The molecule has 0 aromatic carbocycles. The fourth-order valence-electron chi connectivity index (χ4n) is 5.24. The van der Waals surface area contributed by atoms with Gasteiger partial charge in [0, 0.05) is 71.7 Å². The van der Waals surface area contributed by atoms with Crippen molar-refractivity contribution in [2.45, 2.75) is 18.9 Å². The second-order valence-electron chi connectivity index (χ2n) is 8.80. The van der Waals surface area contributed by atoms with Gasteiger partial charge in [-0.2, -0.15) is 0 Å². The van der Waals surface area contributed by atoms with Crippen LogP contribution in [-0.4, -0.2) is 98.6 Å². The monoisotopic (exact) mass is 432 g/mol. The van der Waals surface area contributed by atoms with Crippen LogP contribution in [0, 0.1) is 11.8 Å². The fraction of sp³-hybridized carbons (Fsp3) is 0.727. The summed E-state index contributed by atoms with van der Waals surface area (Å²) >= 11 is 5.39. The van der Waals surface area contributed by atoms with Gasteiger partial charge in [-0.05, 0) is 55.6 Å². The summed E-state index contributed by atoms with van der Waals surface area (Å²) in [5, 5.41) is 7.37. The molecule has 5 heterocycles. The van der Waals surface area contributed by atoms with Crippen LogP contribution in [0.25, 0.3) is 0 Å². The lowest BCUT2D eigenvalue weighted by atomic mass is 9.75. The maximum Gasteiger partial charge on any atom is 0.166 e. The van der Waals surface area contributed by atoms with Gasteiger partial charge >= 0.3 is 0 Å². The van der Waals surface area contributed by atoms with Crippen molar-refractivity contribution in [3.8, 4) is 0 Å². The van der Waals surface area contributed by atoms with Gasteiger partial charge in [-0.15, -0.1) is 0 Å². The second-order valence-corrected chi connectivity index (χ2v) is 9.21. The molecule has 0 saturated carbocycles. The lowest BCUT2D eigenvalue weighted by Gasteiger charge is -2.51. The van der Waals surface area contributed by atoms with Gasteiger partial charge in [0.15, 0.2) is 5.11 Å². The standard InChI is InChI=1S/C22H36N6OS/c1-29-13-7-24-22(30)25-15-20-14-18-5-8-28(20)17-19(18)16-26-9-11-27(12-10-26)21-4-2-3-6-23-21/h2-4,6,18-20H,5,7-17H2,1H3,(H2,24,25,30). The Bertz CT molecular complexity index is 669. The number of fused-ring (bicyclic) bond motifs is 3. The Hall–Kier alpha value is -1.48. The van der Waals surface area contributed by atoms with Crippen molar-refractivity contribution in [3.05, 3.63) is 24.4 Å². The molecule has 5 rings (SSSR count). The topological polar surface area (TPSA) is 55.9 Å². The molecule has 1 aromatic rings. The average Bonchev–Trinajstić information content (AvgIpc) is 2.80. The number of methoxy groups -OCH3 is 1. The first-order valence-electron chi connectivity index (χ1n) is 11.4. The number of hydrogen-bond donors (Lipinski definition) is 2. The molecule has 4 aliphatic heterocycles. The van der Waals surface area contributed by atoms with Crippen molar-refractivity contribution in [3.63, 3.8) is 0 Å². The molecule has 0 amide bonds. The van der Waals surface area contributed by atoms with E-state index in [9.17, 15) is 0 Å². The molecule has 8 heteroatoms. The third-order valence-electron chi connectivity index (χ3n) is 6.94. The second kappa shape index (κ2) is 10.7. The molecule has 1 aromatic heterocycles. The normalized spacial score (nSPS) is 29.0. The fourth-order valence-corrected chi connectivity index (χ4v) is 5.43. The summed E-state index contributed by atoms with van der Waals surface area (Å²) in [7, 11) is 1.71. The SMILES string of the molecule is COCCNC(=S)NCC1CC2CCN1CC2CN1CCN(c2ccccn2)CC1. The minimum absolute atomic E-state index is 0.614. The molecule has 30 heavy (non-hydrogen) atoms. The first-order chi connectivity index (χ1) is 14.7. The van der Waals surface area contributed by atoms with E-state index in [0.717, 1.165) is 62.0 Å². The Morgan fingerprint density at radius 3 is 2.77 bits per heavy atom. The van der Waals surface area contributed by atoms with Gasteiger partial charge < -0.3 is 20.3 Å². The van der Waals surface area contributed by atoms with Crippen molar-refractivity contribution in [1.29, 1.82) is 0 Å². The molecule has 4 saturated heterocycles. The van der Waals surface area contributed by atoms with E-state index in [1.54, 1.807) is 7.11 Å².